The molecule has 0 aliphatic rings. The molecule has 0 aromatic carbocycles. The quantitative estimate of drug-likeness (QED) is 0.672. The number of nitrogens with zero attached hydrogens (tertiary/aromatic N) is 1. The molecular weight excluding hydrogens is 410 g/mol. The van der Waals surface area contributed by atoms with Crippen LogP contribution in [0.15, 0.2) is 13.6 Å². The summed E-state index contributed by atoms with van der Waals surface area (Å²) in [5.41, 5.74) is 0.726. The Hall–Kier alpha value is 0.610. The molecule has 0 N–H and O–H groups in total. The highest BCUT2D eigenvalue weighted by Crippen LogP contribution is 2.32. The third kappa shape index (κ3) is 3.84. The second kappa shape index (κ2) is 6.37. The zero-order valence-electron chi connectivity index (χ0n) is 8.10. The Bertz CT molecular complexity index is 353. The molecule has 1 heterocycles. The van der Waals surface area contributed by atoms with Crippen LogP contribution in [0.2, 0.25) is 0 Å². The lowest BCUT2D eigenvalue weighted by atomic mass is 10.3. The fourth-order valence-electron chi connectivity index (χ4n) is 1.09. The first-order chi connectivity index (χ1) is 7.06. The molecule has 0 fully saturated rings. The van der Waals surface area contributed by atoms with Crippen LogP contribution in [0.5, 0.6) is 0 Å². The van der Waals surface area contributed by atoms with Crippen LogP contribution in [0.25, 0.3) is 0 Å². The van der Waals surface area contributed by atoms with Gasteiger partial charge in [-0.05, 0) is 44.3 Å². The Morgan fingerprint density at radius 1 is 1.53 bits per heavy atom. The van der Waals surface area contributed by atoms with Crippen LogP contribution in [0, 0.1) is 0 Å². The average molecular weight is 420 g/mol. The van der Waals surface area contributed by atoms with E-state index in [0.29, 0.717) is 0 Å². The van der Waals surface area contributed by atoms with E-state index in [1.54, 1.807) is 4.90 Å². The van der Waals surface area contributed by atoms with Crippen LogP contribution in [-0.4, -0.2) is 29.7 Å². The lowest BCUT2D eigenvalue weighted by Gasteiger charge is -2.15. The van der Waals surface area contributed by atoms with Crippen molar-refractivity contribution in [1.82, 2.24) is 4.90 Å². The highest BCUT2D eigenvalue weighted by atomic mass is 79.9. The molecule has 1 aromatic rings. The van der Waals surface area contributed by atoms with E-state index in [0.717, 1.165) is 31.4 Å². The van der Waals surface area contributed by atoms with Crippen molar-refractivity contribution in [3.63, 3.8) is 0 Å². The van der Waals surface area contributed by atoms with E-state index in [2.05, 4.69) is 47.8 Å². The van der Waals surface area contributed by atoms with Crippen molar-refractivity contribution in [2.45, 2.75) is 6.42 Å². The van der Waals surface area contributed by atoms with Gasteiger partial charge >= 0.3 is 0 Å². The average Bonchev–Trinajstić information content (AvgIpc) is 2.53. The summed E-state index contributed by atoms with van der Waals surface area (Å²) in [4.78, 5) is 13.7. The van der Waals surface area contributed by atoms with Gasteiger partial charge in [0.15, 0.2) is 0 Å². The maximum absolute atomic E-state index is 12.0. The number of hydrogen-bond donors (Lipinski definition) is 0. The Morgan fingerprint density at radius 2 is 2.20 bits per heavy atom. The number of carbonyl (C=O) groups is 1. The molecule has 0 spiro atoms. The van der Waals surface area contributed by atoms with Gasteiger partial charge in [0, 0.05) is 18.9 Å². The fourth-order valence-corrected chi connectivity index (χ4v) is 4.12. The first kappa shape index (κ1) is 13.7. The lowest BCUT2D eigenvalue weighted by Crippen LogP contribution is -2.27. The van der Waals surface area contributed by atoms with Gasteiger partial charge in [0.1, 0.15) is 0 Å². The van der Waals surface area contributed by atoms with Gasteiger partial charge in [-0.25, -0.2) is 0 Å². The molecule has 0 unspecified atom stereocenters. The first-order valence-electron chi connectivity index (χ1n) is 4.32. The van der Waals surface area contributed by atoms with Crippen molar-refractivity contribution in [3.05, 3.63) is 19.2 Å². The van der Waals surface area contributed by atoms with Gasteiger partial charge in [-0.1, -0.05) is 15.9 Å². The number of thiophene rings is 1. The van der Waals surface area contributed by atoms with E-state index < -0.39 is 0 Å². The van der Waals surface area contributed by atoms with Crippen molar-refractivity contribution in [3.8, 4) is 0 Å². The first-order valence-corrected chi connectivity index (χ1v) is 7.85. The van der Waals surface area contributed by atoms with Crippen molar-refractivity contribution < 1.29 is 4.79 Å². The number of amides is 1. The van der Waals surface area contributed by atoms with Crippen LogP contribution < -0.4 is 0 Å². The minimum atomic E-state index is 0.0600. The SMILES string of the molecule is CN(CCCBr)C(=O)c1cc(Br)sc1Br. The van der Waals surface area contributed by atoms with E-state index in [4.69, 9.17) is 0 Å². The summed E-state index contributed by atoms with van der Waals surface area (Å²) < 4.78 is 1.84. The van der Waals surface area contributed by atoms with Crippen LogP contribution in [-0.2, 0) is 0 Å². The van der Waals surface area contributed by atoms with Gasteiger partial charge < -0.3 is 4.90 Å². The predicted molar refractivity (Wildman–Crippen MR) is 75.1 cm³/mol. The van der Waals surface area contributed by atoms with Gasteiger partial charge in [0.05, 0.1) is 13.1 Å². The molecule has 2 nitrogen and oxygen atoms in total. The molecule has 15 heavy (non-hydrogen) atoms. The molecule has 0 aliphatic carbocycles. The molecule has 0 aliphatic heterocycles. The molecule has 0 atom stereocenters. The molecular formula is C9H10Br3NOS. The minimum Gasteiger partial charge on any atom is -0.342 e. The minimum absolute atomic E-state index is 0.0600. The Morgan fingerprint density at radius 3 is 2.67 bits per heavy atom. The van der Waals surface area contributed by atoms with Gasteiger partial charge in [0.25, 0.3) is 5.91 Å². The number of rotatable bonds is 4. The molecule has 0 radical (unpaired) electrons. The smallest absolute Gasteiger partial charge is 0.255 e. The Labute approximate surface area is 118 Å². The summed E-state index contributed by atoms with van der Waals surface area (Å²) in [5.74, 6) is 0.0600. The largest absolute Gasteiger partial charge is 0.342 e. The zero-order valence-corrected chi connectivity index (χ0v) is 13.7. The topological polar surface area (TPSA) is 20.3 Å². The van der Waals surface area contributed by atoms with Crippen molar-refractivity contribution in [1.29, 1.82) is 0 Å². The van der Waals surface area contributed by atoms with E-state index in [-0.39, 0.29) is 5.91 Å². The second-order valence-electron chi connectivity index (χ2n) is 3.01. The summed E-state index contributed by atoms with van der Waals surface area (Å²) in [6.45, 7) is 0.768. The second-order valence-corrected chi connectivity index (χ2v) is 7.55. The van der Waals surface area contributed by atoms with Gasteiger partial charge in [0.2, 0.25) is 0 Å². The fraction of sp³-hybridized carbons (Fsp3) is 0.444. The Balaban J connectivity index is 2.71. The van der Waals surface area contributed by atoms with E-state index in [9.17, 15) is 4.79 Å². The van der Waals surface area contributed by atoms with Crippen molar-refractivity contribution >= 4 is 65.0 Å². The number of hydrogen-bond acceptors (Lipinski definition) is 2. The summed E-state index contributed by atoms with van der Waals surface area (Å²) in [5, 5.41) is 0.916. The van der Waals surface area contributed by atoms with E-state index in [1.165, 1.54) is 11.3 Å². The summed E-state index contributed by atoms with van der Waals surface area (Å²) in [6, 6.07) is 1.85. The van der Waals surface area contributed by atoms with Crippen LogP contribution in [0.1, 0.15) is 16.8 Å². The summed E-state index contributed by atoms with van der Waals surface area (Å²) in [6.07, 6.45) is 0.963. The van der Waals surface area contributed by atoms with Crippen LogP contribution in [0.3, 0.4) is 0 Å². The molecule has 0 bridgehead atoms. The van der Waals surface area contributed by atoms with Crippen LogP contribution in [0.4, 0.5) is 0 Å². The molecule has 0 saturated carbocycles. The van der Waals surface area contributed by atoms with Crippen molar-refractivity contribution in [2.75, 3.05) is 18.9 Å². The normalized spacial score (nSPS) is 10.4. The number of halogens is 3. The third-order valence-electron chi connectivity index (χ3n) is 1.86. The predicted octanol–water partition coefficient (Wildman–Crippen LogP) is 4.13. The molecule has 1 rings (SSSR count). The summed E-state index contributed by atoms with van der Waals surface area (Å²) in [7, 11) is 1.82. The van der Waals surface area contributed by atoms with Crippen LogP contribution >= 0.6 is 59.1 Å². The molecule has 1 aromatic heterocycles. The highest BCUT2D eigenvalue weighted by molar-refractivity contribution is 9.12. The molecule has 0 saturated heterocycles. The monoisotopic (exact) mass is 417 g/mol. The third-order valence-corrected chi connectivity index (χ3v) is 4.76. The Kier molecular flexibility index (Phi) is 5.81. The van der Waals surface area contributed by atoms with E-state index >= 15 is 0 Å². The molecule has 1 amide bonds. The molecule has 84 valence electrons. The number of carbonyl (C=O) groups excluding carboxylic acids is 1. The van der Waals surface area contributed by atoms with Gasteiger partial charge in [-0.15, -0.1) is 11.3 Å². The maximum Gasteiger partial charge on any atom is 0.255 e. The van der Waals surface area contributed by atoms with Gasteiger partial charge in [-0.3, -0.25) is 4.79 Å². The van der Waals surface area contributed by atoms with E-state index in [1.807, 2.05) is 13.1 Å². The highest BCUT2D eigenvalue weighted by Gasteiger charge is 2.16. The maximum atomic E-state index is 12.0. The number of alkyl halides is 1. The standard InChI is InChI=1S/C9H10Br3NOS/c1-13(4-2-3-10)9(14)6-5-7(11)15-8(6)12/h5H,2-4H2,1H3. The van der Waals surface area contributed by atoms with Crippen molar-refractivity contribution in [2.24, 2.45) is 0 Å². The zero-order chi connectivity index (χ0) is 11.4. The van der Waals surface area contributed by atoms with Gasteiger partial charge in [-0.2, -0.15) is 0 Å². The summed E-state index contributed by atoms with van der Waals surface area (Å²) >= 11 is 11.6. The lowest BCUT2D eigenvalue weighted by molar-refractivity contribution is 0.0795. The molecule has 6 heteroatoms.